The smallest absolute Gasteiger partial charge is 0.331 e. The Hall–Kier alpha value is -4.12. The summed E-state index contributed by atoms with van der Waals surface area (Å²) >= 11 is 0. The van der Waals surface area contributed by atoms with Crippen LogP contribution in [0.4, 0.5) is 0 Å². The lowest BCUT2D eigenvalue weighted by Gasteiger charge is -2.20. The molecule has 3 aromatic carbocycles. The van der Waals surface area contributed by atoms with Gasteiger partial charge in [0.2, 0.25) is 0 Å². The van der Waals surface area contributed by atoms with Crippen molar-refractivity contribution in [3.05, 3.63) is 113 Å². The number of aryl methyl sites for hydroxylation is 1. The zero-order valence-corrected chi connectivity index (χ0v) is 18.6. The van der Waals surface area contributed by atoms with Crippen molar-refractivity contribution in [2.75, 3.05) is 13.7 Å². The first-order valence-electron chi connectivity index (χ1n) is 10.5. The van der Waals surface area contributed by atoms with Crippen molar-refractivity contribution in [1.82, 2.24) is 0 Å². The van der Waals surface area contributed by atoms with E-state index in [1.807, 2.05) is 79.7 Å². The molecular weight excluding hydrogens is 416 g/mol. The largest absolute Gasteiger partial charge is 0.496 e. The third-order valence-electron chi connectivity index (χ3n) is 4.85. The van der Waals surface area contributed by atoms with Crippen molar-refractivity contribution in [1.29, 1.82) is 0 Å². The summed E-state index contributed by atoms with van der Waals surface area (Å²) in [6.07, 6.45) is 5.20. The highest BCUT2D eigenvalue weighted by atomic mass is 16.6. The molecular formula is C28H26O5. The van der Waals surface area contributed by atoms with Crippen LogP contribution in [-0.4, -0.2) is 25.7 Å². The van der Waals surface area contributed by atoms with Crippen LogP contribution in [0.15, 0.2) is 91.0 Å². The normalized spacial score (nSPS) is 11.9. The van der Waals surface area contributed by atoms with Gasteiger partial charge in [-0.15, -0.1) is 0 Å². The first kappa shape index (κ1) is 23.5. The number of carbonyl (C=O) groups excluding carboxylic acids is 2. The Balaban J connectivity index is 1.73. The van der Waals surface area contributed by atoms with Gasteiger partial charge in [-0.05, 0) is 35.8 Å². The van der Waals surface area contributed by atoms with Gasteiger partial charge in [-0.3, -0.25) is 0 Å². The van der Waals surface area contributed by atoms with Crippen LogP contribution in [0.3, 0.4) is 0 Å². The summed E-state index contributed by atoms with van der Waals surface area (Å²) in [5.74, 6) is -0.507. The average Bonchev–Trinajstić information content (AvgIpc) is 2.85. The number of para-hydroxylation sites is 1. The molecule has 0 saturated carbocycles. The summed E-state index contributed by atoms with van der Waals surface area (Å²) < 4.78 is 16.6. The molecule has 3 aromatic rings. The molecule has 0 aliphatic heterocycles. The molecule has 0 spiro atoms. The van der Waals surface area contributed by atoms with E-state index in [2.05, 4.69) is 0 Å². The predicted molar refractivity (Wildman–Crippen MR) is 128 cm³/mol. The molecule has 3 rings (SSSR count). The van der Waals surface area contributed by atoms with Crippen LogP contribution in [0.1, 0.15) is 28.4 Å². The number of ether oxygens (including phenoxy) is 3. The lowest BCUT2D eigenvalue weighted by atomic mass is 10.0. The molecule has 0 heterocycles. The fourth-order valence-corrected chi connectivity index (χ4v) is 3.24. The van der Waals surface area contributed by atoms with Crippen molar-refractivity contribution in [2.24, 2.45) is 0 Å². The Labute approximate surface area is 193 Å². The molecule has 0 fully saturated rings. The lowest BCUT2D eigenvalue weighted by Crippen LogP contribution is -2.18. The highest BCUT2D eigenvalue weighted by Crippen LogP contribution is 2.31. The number of esters is 2. The summed E-state index contributed by atoms with van der Waals surface area (Å²) in [6.45, 7) is 1.74. The van der Waals surface area contributed by atoms with E-state index >= 15 is 0 Å². The Kier molecular flexibility index (Phi) is 8.60. The van der Waals surface area contributed by atoms with Crippen LogP contribution in [0.5, 0.6) is 5.75 Å². The van der Waals surface area contributed by atoms with Gasteiger partial charge in [0.05, 0.1) is 7.11 Å². The maximum absolute atomic E-state index is 12.5. The van der Waals surface area contributed by atoms with Crippen molar-refractivity contribution in [2.45, 2.75) is 13.0 Å². The Morgan fingerprint density at radius 1 is 0.788 bits per heavy atom. The van der Waals surface area contributed by atoms with Crippen LogP contribution in [0.25, 0.3) is 12.2 Å². The molecule has 5 heteroatoms. The van der Waals surface area contributed by atoms with Gasteiger partial charge in [0, 0.05) is 17.7 Å². The topological polar surface area (TPSA) is 61.8 Å². The quantitative estimate of drug-likeness (QED) is 0.321. The monoisotopic (exact) mass is 442 g/mol. The zero-order valence-electron chi connectivity index (χ0n) is 18.6. The average molecular weight is 443 g/mol. The highest BCUT2D eigenvalue weighted by molar-refractivity contribution is 5.88. The maximum Gasteiger partial charge on any atom is 0.331 e. The third-order valence-corrected chi connectivity index (χ3v) is 4.85. The molecule has 0 unspecified atom stereocenters. The first-order valence-corrected chi connectivity index (χ1v) is 10.5. The summed E-state index contributed by atoms with van der Waals surface area (Å²) in [5, 5.41) is 0. The molecule has 168 valence electrons. The predicted octanol–water partition coefficient (Wildman–Crippen LogP) is 5.56. The Morgan fingerprint density at radius 2 is 1.36 bits per heavy atom. The zero-order chi connectivity index (χ0) is 23.5. The standard InChI is InChI=1S/C28H26O5/c1-21-10-9-15-24(28(21)31-2)25(33-27(30)19-17-23-13-7-4-8-14-23)20-32-26(29)18-16-22-11-5-3-6-12-22/h3-19,25H,20H2,1-2H3/b18-16+,19-17+/t25-/m0/s1. The number of carbonyl (C=O) groups is 2. The highest BCUT2D eigenvalue weighted by Gasteiger charge is 2.22. The summed E-state index contributed by atoms with van der Waals surface area (Å²) in [7, 11) is 1.55. The summed E-state index contributed by atoms with van der Waals surface area (Å²) in [5.41, 5.74) is 3.26. The molecule has 0 N–H and O–H groups in total. The molecule has 1 atom stereocenters. The first-order chi connectivity index (χ1) is 16.1. The van der Waals surface area contributed by atoms with Gasteiger partial charge in [-0.1, -0.05) is 78.9 Å². The molecule has 0 aliphatic rings. The van der Waals surface area contributed by atoms with Gasteiger partial charge in [0.1, 0.15) is 12.4 Å². The molecule has 0 aliphatic carbocycles. The second-order valence-electron chi connectivity index (χ2n) is 7.24. The van der Waals surface area contributed by atoms with Crippen molar-refractivity contribution >= 4 is 24.1 Å². The van der Waals surface area contributed by atoms with Crippen LogP contribution in [0.2, 0.25) is 0 Å². The minimum Gasteiger partial charge on any atom is -0.496 e. The van der Waals surface area contributed by atoms with Gasteiger partial charge in [0.15, 0.2) is 6.10 Å². The van der Waals surface area contributed by atoms with E-state index in [-0.39, 0.29) is 6.61 Å². The van der Waals surface area contributed by atoms with Gasteiger partial charge >= 0.3 is 11.9 Å². The molecule has 0 radical (unpaired) electrons. The van der Waals surface area contributed by atoms with E-state index in [9.17, 15) is 9.59 Å². The van der Waals surface area contributed by atoms with Crippen LogP contribution >= 0.6 is 0 Å². The second-order valence-corrected chi connectivity index (χ2v) is 7.24. The Bertz CT molecular complexity index is 1120. The van der Waals surface area contributed by atoms with E-state index in [1.165, 1.54) is 12.2 Å². The van der Waals surface area contributed by atoms with E-state index in [0.717, 1.165) is 16.7 Å². The van der Waals surface area contributed by atoms with Crippen LogP contribution < -0.4 is 4.74 Å². The SMILES string of the molecule is COc1c(C)cccc1[C@H](COC(=O)/C=C/c1ccccc1)OC(=O)/C=C/c1ccccc1. The molecule has 5 nitrogen and oxygen atoms in total. The van der Waals surface area contributed by atoms with Gasteiger partial charge in [-0.25, -0.2) is 9.59 Å². The van der Waals surface area contributed by atoms with E-state index in [0.29, 0.717) is 11.3 Å². The number of methoxy groups -OCH3 is 1. The molecule has 0 saturated heterocycles. The third kappa shape index (κ3) is 7.21. The minimum absolute atomic E-state index is 0.150. The van der Waals surface area contributed by atoms with E-state index in [1.54, 1.807) is 25.3 Å². The van der Waals surface area contributed by atoms with Crippen molar-refractivity contribution in [3.8, 4) is 5.75 Å². The van der Waals surface area contributed by atoms with Gasteiger partial charge in [0.25, 0.3) is 0 Å². The van der Waals surface area contributed by atoms with Crippen molar-refractivity contribution < 1.29 is 23.8 Å². The second kappa shape index (κ2) is 12.1. The fraction of sp³-hybridized carbons (Fsp3) is 0.143. The molecule has 0 bridgehead atoms. The number of hydrogen-bond acceptors (Lipinski definition) is 5. The van der Waals surface area contributed by atoms with Gasteiger partial charge < -0.3 is 14.2 Å². The summed E-state index contributed by atoms with van der Waals surface area (Å²) in [6, 6.07) is 24.4. The number of rotatable bonds is 9. The van der Waals surface area contributed by atoms with Crippen LogP contribution in [-0.2, 0) is 19.1 Å². The van der Waals surface area contributed by atoms with E-state index in [4.69, 9.17) is 14.2 Å². The van der Waals surface area contributed by atoms with E-state index < -0.39 is 18.0 Å². The number of benzene rings is 3. The fourth-order valence-electron chi connectivity index (χ4n) is 3.24. The maximum atomic E-state index is 12.5. The molecule has 33 heavy (non-hydrogen) atoms. The Morgan fingerprint density at radius 3 is 1.94 bits per heavy atom. The number of hydrogen-bond donors (Lipinski definition) is 0. The molecule has 0 aromatic heterocycles. The minimum atomic E-state index is -0.832. The summed E-state index contributed by atoms with van der Waals surface area (Å²) in [4.78, 5) is 24.8. The molecule has 0 amide bonds. The van der Waals surface area contributed by atoms with Crippen LogP contribution in [0, 0.1) is 6.92 Å². The van der Waals surface area contributed by atoms with Crippen molar-refractivity contribution in [3.63, 3.8) is 0 Å². The van der Waals surface area contributed by atoms with Gasteiger partial charge in [-0.2, -0.15) is 0 Å². The lowest BCUT2D eigenvalue weighted by molar-refractivity contribution is -0.153.